The number of pyridine rings is 1. The predicted octanol–water partition coefficient (Wildman–Crippen LogP) is 4.32. The number of hydrogen-bond acceptors (Lipinski definition) is 3. The van der Waals surface area contributed by atoms with Crippen molar-refractivity contribution in [1.29, 1.82) is 0 Å². The van der Waals surface area contributed by atoms with Crippen LogP contribution in [0.4, 0.5) is 0 Å². The Labute approximate surface area is 108 Å². The van der Waals surface area contributed by atoms with Gasteiger partial charge in [0.15, 0.2) is 0 Å². The highest BCUT2D eigenvalue weighted by Gasteiger charge is 2.10. The molecule has 0 atom stereocenters. The summed E-state index contributed by atoms with van der Waals surface area (Å²) in [6.45, 7) is 2.08. The van der Waals surface area contributed by atoms with E-state index in [4.69, 9.17) is 11.6 Å². The number of aryl methyl sites for hydroxylation is 1. The minimum Gasteiger partial charge on any atom is -0.243 e. The van der Waals surface area contributed by atoms with Crippen molar-refractivity contribution >= 4 is 33.2 Å². The van der Waals surface area contributed by atoms with Crippen LogP contribution in [0.15, 0.2) is 36.5 Å². The zero-order chi connectivity index (χ0) is 11.8. The Morgan fingerprint density at radius 2 is 2.00 bits per heavy atom. The van der Waals surface area contributed by atoms with Gasteiger partial charge in [0.05, 0.1) is 10.2 Å². The molecule has 1 aromatic carbocycles. The fourth-order valence-corrected chi connectivity index (χ4v) is 3.05. The first-order chi connectivity index (χ1) is 8.25. The van der Waals surface area contributed by atoms with Gasteiger partial charge >= 0.3 is 0 Å². The molecular formula is C13H9ClN2S. The standard InChI is InChI=1S/C13H9ClN2S/c1-8-4-2-3-5-9(8)13-16-10-6-7-15-12(14)11(10)17-13/h2-7H,1H3. The Bertz CT molecular complexity index is 691. The summed E-state index contributed by atoms with van der Waals surface area (Å²) < 4.78 is 0.951. The number of aromatic nitrogens is 2. The lowest BCUT2D eigenvalue weighted by atomic mass is 10.1. The van der Waals surface area contributed by atoms with E-state index in [1.807, 2.05) is 18.2 Å². The van der Waals surface area contributed by atoms with Gasteiger partial charge in [-0.2, -0.15) is 0 Å². The van der Waals surface area contributed by atoms with Gasteiger partial charge in [0.2, 0.25) is 0 Å². The molecule has 0 N–H and O–H groups in total. The van der Waals surface area contributed by atoms with E-state index in [0.29, 0.717) is 5.15 Å². The third-order valence-electron chi connectivity index (χ3n) is 2.64. The van der Waals surface area contributed by atoms with E-state index in [1.54, 1.807) is 17.5 Å². The monoisotopic (exact) mass is 260 g/mol. The van der Waals surface area contributed by atoms with Crippen LogP contribution in [0.1, 0.15) is 5.56 Å². The minimum absolute atomic E-state index is 0.528. The highest BCUT2D eigenvalue weighted by atomic mass is 35.5. The normalized spacial score (nSPS) is 10.9. The summed E-state index contributed by atoms with van der Waals surface area (Å²) in [5.41, 5.74) is 3.29. The minimum atomic E-state index is 0.528. The summed E-state index contributed by atoms with van der Waals surface area (Å²) in [4.78, 5) is 8.67. The molecule has 0 saturated carbocycles. The molecule has 17 heavy (non-hydrogen) atoms. The zero-order valence-electron chi connectivity index (χ0n) is 9.14. The van der Waals surface area contributed by atoms with Crippen LogP contribution in [0.25, 0.3) is 20.8 Å². The van der Waals surface area contributed by atoms with Crippen molar-refractivity contribution in [2.75, 3.05) is 0 Å². The van der Waals surface area contributed by atoms with Gasteiger partial charge in [-0.1, -0.05) is 35.9 Å². The molecular weight excluding hydrogens is 252 g/mol. The molecule has 3 rings (SSSR count). The maximum Gasteiger partial charge on any atom is 0.148 e. The molecule has 0 spiro atoms. The van der Waals surface area contributed by atoms with Gasteiger partial charge < -0.3 is 0 Å². The molecule has 2 aromatic heterocycles. The topological polar surface area (TPSA) is 25.8 Å². The maximum atomic E-state index is 6.06. The van der Waals surface area contributed by atoms with Crippen LogP contribution in [0.5, 0.6) is 0 Å². The fourth-order valence-electron chi connectivity index (χ4n) is 1.75. The highest BCUT2D eigenvalue weighted by Crippen LogP contribution is 2.34. The molecule has 0 fully saturated rings. The lowest BCUT2D eigenvalue weighted by molar-refractivity contribution is 1.35. The second-order valence-electron chi connectivity index (χ2n) is 3.78. The summed E-state index contributed by atoms with van der Waals surface area (Å²) >= 11 is 7.64. The first-order valence-electron chi connectivity index (χ1n) is 5.23. The molecule has 0 aliphatic carbocycles. The van der Waals surface area contributed by atoms with Gasteiger partial charge in [-0.25, -0.2) is 9.97 Å². The predicted molar refractivity (Wildman–Crippen MR) is 72.6 cm³/mol. The number of thiazole rings is 1. The average molecular weight is 261 g/mol. The molecule has 0 bridgehead atoms. The van der Waals surface area contributed by atoms with Crippen LogP contribution >= 0.6 is 22.9 Å². The number of rotatable bonds is 1. The first kappa shape index (κ1) is 10.7. The number of nitrogens with zero attached hydrogens (tertiary/aromatic N) is 2. The summed E-state index contributed by atoms with van der Waals surface area (Å²) in [6, 6.07) is 10.1. The van der Waals surface area contributed by atoms with Gasteiger partial charge in [-0.05, 0) is 18.6 Å². The summed E-state index contributed by atoms with van der Waals surface area (Å²) in [6.07, 6.45) is 1.69. The first-order valence-corrected chi connectivity index (χ1v) is 6.42. The quantitative estimate of drug-likeness (QED) is 0.609. The van der Waals surface area contributed by atoms with Crippen LogP contribution in [-0.4, -0.2) is 9.97 Å². The zero-order valence-corrected chi connectivity index (χ0v) is 10.7. The molecule has 0 amide bonds. The van der Waals surface area contributed by atoms with Crippen molar-refractivity contribution in [3.63, 3.8) is 0 Å². The van der Waals surface area contributed by atoms with Crippen molar-refractivity contribution in [2.24, 2.45) is 0 Å². The summed E-state index contributed by atoms with van der Waals surface area (Å²) in [5, 5.41) is 1.52. The SMILES string of the molecule is Cc1ccccc1-c1nc2ccnc(Cl)c2s1. The van der Waals surface area contributed by atoms with Crippen molar-refractivity contribution in [3.8, 4) is 10.6 Å². The van der Waals surface area contributed by atoms with Crippen molar-refractivity contribution in [2.45, 2.75) is 6.92 Å². The molecule has 0 aliphatic heterocycles. The number of fused-ring (bicyclic) bond motifs is 1. The van der Waals surface area contributed by atoms with Gasteiger partial charge in [0.25, 0.3) is 0 Å². The van der Waals surface area contributed by atoms with Gasteiger partial charge in [0.1, 0.15) is 10.2 Å². The molecule has 2 nitrogen and oxygen atoms in total. The third-order valence-corrected chi connectivity index (χ3v) is 4.15. The van der Waals surface area contributed by atoms with E-state index in [2.05, 4.69) is 29.0 Å². The van der Waals surface area contributed by atoms with E-state index in [1.165, 1.54) is 5.56 Å². The van der Waals surface area contributed by atoms with Crippen LogP contribution < -0.4 is 0 Å². The lowest BCUT2D eigenvalue weighted by Gasteiger charge is -1.99. The molecule has 0 saturated heterocycles. The van der Waals surface area contributed by atoms with Crippen LogP contribution in [0.3, 0.4) is 0 Å². The van der Waals surface area contributed by atoms with Gasteiger partial charge in [-0.3, -0.25) is 0 Å². The fraction of sp³-hybridized carbons (Fsp3) is 0.0769. The Morgan fingerprint density at radius 3 is 2.76 bits per heavy atom. The van der Waals surface area contributed by atoms with Gasteiger partial charge in [-0.15, -0.1) is 11.3 Å². The van der Waals surface area contributed by atoms with Crippen LogP contribution in [0, 0.1) is 6.92 Å². The Balaban J connectivity index is 2.26. The lowest BCUT2D eigenvalue weighted by Crippen LogP contribution is -1.80. The van der Waals surface area contributed by atoms with E-state index >= 15 is 0 Å². The third kappa shape index (κ3) is 1.81. The van der Waals surface area contributed by atoms with Crippen LogP contribution in [-0.2, 0) is 0 Å². The Hall–Kier alpha value is -1.45. The Kier molecular flexibility index (Phi) is 2.57. The van der Waals surface area contributed by atoms with E-state index in [9.17, 15) is 0 Å². The van der Waals surface area contributed by atoms with Crippen LogP contribution in [0.2, 0.25) is 5.15 Å². The molecule has 2 heterocycles. The molecule has 84 valence electrons. The molecule has 0 radical (unpaired) electrons. The molecule has 4 heteroatoms. The van der Waals surface area contributed by atoms with Crippen molar-refractivity contribution in [3.05, 3.63) is 47.2 Å². The van der Waals surface area contributed by atoms with Crippen molar-refractivity contribution in [1.82, 2.24) is 9.97 Å². The van der Waals surface area contributed by atoms with E-state index in [-0.39, 0.29) is 0 Å². The largest absolute Gasteiger partial charge is 0.243 e. The van der Waals surface area contributed by atoms with E-state index < -0.39 is 0 Å². The maximum absolute atomic E-state index is 6.06. The smallest absolute Gasteiger partial charge is 0.148 e. The van der Waals surface area contributed by atoms with Crippen molar-refractivity contribution < 1.29 is 0 Å². The van der Waals surface area contributed by atoms with Gasteiger partial charge in [0, 0.05) is 11.8 Å². The second-order valence-corrected chi connectivity index (χ2v) is 5.14. The summed E-state index contributed by atoms with van der Waals surface area (Å²) in [5.74, 6) is 0. The average Bonchev–Trinajstić information content (AvgIpc) is 2.75. The number of halogens is 1. The number of hydrogen-bond donors (Lipinski definition) is 0. The van der Waals surface area contributed by atoms with E-state index in [0.717, 1.165) is 20.8 Å². The Morgan fingerprint density at radius 1 is 1.18 bits per heavy atom. The highest BCUT2D eigenvalue weighted by molar-refractivity contribution is 7.22. The summed E-state index contributed by atoms with van der Waals surface area (Å²) in [7, 11) is 0. The molecule has 0 unspecified atom stereocenters. The number of benzene rings is 1. The molecule has 3 aromatic rings. The molecule has 0 aliphatic rings. The second kappa shape index (κ2) is 4.09.